The first-order chi connectivity index (χ1) is 11.0. The first kappa shape index (κ1) is 21.0. The molecule has 2 heterocycles. The average molecular weight is 341 g/mol. The number of hydrogen-bond acceptors (Lipinski definition) is 5. The fourth-order valence-electron chi connectivity index (χ4n) is 2.34. The van der Waals surface area contributed by atoms with Crippen LogP contribution in [0.15, 0.2) is 13.6 Å². The maximum atomic E-state index is 10.7. The zero-order valence-corrected chi connectivity index (χ0v) is 16.5. The van der Waals surface area contributed by atoms with Crippen LogP contribution in [0.4, 0.5) is 0 Å². The van der Waals surface area contributed by atoms with Crippen LogP contribution < -0.4 is 5.82 Å². The normalized spacial score (nSPS) is 16.6. The van der Waals surface area contributed by atoms with Crippen LogP contribution in [0.5, 0.6) is 0 Å². The number of ether oxygens (including phenoxy) is 1. The van der Waals surface area contributed by atoms with Gasteiger partial charge in [0.05, 0.1) is 13.2 Å². The van der Waals surface area contributed by atoms with E-state index in [9.17, 15) is 4.79 Å². The van der Waals surface area contributed by atoms with Gasteiger partial charge in [0.1, 0.15) is 11.5 Å². The van der Waals surface area contributed by atoms with Crippen molar-refractivity contribution in [2.45, 2.75) is 61.3 Å². The van der Waals surface area contributed by atoms with E-state index in [0.29, 0.717) is 16.9 Å². The first-order valence-corrected chi connectivity index (χ1v) is 8.86. The third-order valence-corrected chi connectivity index (χ3v) is 3.81. The minimum absolute atomic E-state index is 0.116. The summed E-state index contributed by atoms with van der Waals surface area (Å²) in [6.07, 6.45) is 2.01. The molecule has 5 nitrogen and oxygen atoms in total. The summed E-state index contributed by atoms with van der Waals surface area (Å²) in [6, 6.07) is 0. The fourth-order valence-corrected chi connectivity index (χ4v) is 2.34. The maximum absolute atomic E-state index is 10.7. The third kappa shape index (κ3) is 9.28. The van der Waals surface area contributed by atoms with Crippen molar-refractivity contribution in [1.82, 2.24) is 4.90 Å². The lowest BCUT2D eigenvalue weighted by molar-refractivity contribution is 0.0333. The van der Waals surface area contributed by atoms with Gasteiger partial charge in [0.25, 0.3) is 0 Å². The molecule has 1 aliphatic heterocycles. The highest BCUT2D eigenvalue weighted by atomic mass is 16.6. The summed E-state index contributed by atoms with van der Waals surface area (Å²) in [6.45, 7) is 20.2. The highest BCUT2D eigenvalue weighted by Crippen LogP contribution is 2.21. The van der Waals surface area contributed by atoms with Gasteiger partial charge in [-0.15, -0.1) is 0 Å². The topological polar surface area (TPSA) is 55.8 Å². The molecule has 0 unspecified atom stereocenters. The van der Waals surface area contributed by atoms with Gasteiger partial charge in [-0.2, -0.15) is 0 Å². The van der Waals surface area contributed by atoms with Gasteiger partial charge in [-0.3, -0.25) is 4.90 Å². The summed E-state index contributed by atoms with van der Waals surface area (Å²) in [4.78, 5) is 13.2. The minimum atomic E-state index is -0.605. The molecule has 0 aliphatic carbocycles. The van der Waals surface area contributed by atoms with E-state index in [2.05, 4.69) is 46.4 Å². The van der Waals surface area contributed by atoms with Gasteiger partial charge in [0.15, 0.2) is 0 Å². The summed E-state index contributed by atoms with van der Waals surface area (Å²) in [5.41, 5.74) is 0.586. The summed E-state index contributed by atoms with van der Waals surface area (Å²) >= 11 is 0. The smallest absolute Gasteiger partial charge is 0.396 e. The molecular weight excluding hydrogens is 306 g/mol. The van der Waals surface area contributed by atoms with E-state index in [4.69, 9.17) is 13.6 Å². The molecule has 1 aliphatic rings. The van der Waals surface area contributed by atoms with Crippen molar-refractivity contribution in [2.75, 3.05) is 32.8 Å². The Balaban J connectivity index is 0.000000240. The van der Waals surface area contributed by atoms with Gasteiger partial charge in [0, 0.05) is 19.5 Å². The van der Waals surface area contributed by atoms with Crippen LogP contribution >= 0.6 is 0 Å². The standard InChI is InChI=1S/C10H21NO.C9H14O3/c1-10(2,3)4-5-11-6-8-12-9-7-11;1-6-7(5-9(2,3)4)12-8(10)11-6/h4-9H2,1-3H3;5H2,1-4H3. The second kappa shape index (κ2) is 8.86. The van der Waals surface area contributed by atoms with Crippen molar-refractivity contribution >= 4 is 0 Å². The zero-order chi connectivity index (χ0) is 18.4. The molecule has 0 spiro atoms. The Labute approximate surface area is 146 Å². The first-order valence-electron chi connectivity index (χ1n) is 8.86. The number of aryl methyl sites for hydroxylation is 1. The molecule has 0 amide bonds. The third-order valence-electron chi connectivity index (χ3n) is 3.81. The van der Waals surface area contributed by atoms with Gasteiger partial charge in [-0.1, -0.05) is 41.5 Å². The predicted octanol–water partition coefficient (Wildman–Crippen LogP) is 3.88. The second-order valence-corrected chi connectivity index (χ2v) is 8.94. The molecule has 0 saturated carbocycles. The van der Waals surface area contributed by atoms with E-state index < -0.39 is 5.82 Å². The summed E-state index contributed by atoms with van der Waals surface area (Å²) in [7, 11) is 0. The minimum Gasteiger partial charge on any atom is -0.396 e. The zero-order valence-electron chi connectivity index (χ0n) is 16.5. The number of morpholine rings is 1. The largest absolute Gasteiger partial charge is 0.519 e. The maximum Gasteiger partial charge on any atom is 0.519 e. The van der Waals surface area contributed by atoms with Crippen LogP contribution in [0, 0.1) is 17.8 Å². The highest BCUT2D eigenvalue weighted by Gasteiger charge is 2.17. The molecule has 0 aromatic carbocycles. The monoisotopic (exact) mass is 341 g/mol. The molecule has 5 heteroatoms. The average Bonchev–Trinajstić information content (AvgIpc) is 2.74. The Hall–Kier alpha value is -1.07. The van der Waals surface area contributed by atoms with Crippen LogP contribution in [-0.2, 0) is 11.2 Å². The van der Waals surface area contributed by atoms with Gasteiger partial charge in [0.2, 0.25) is 0 Å². The summed E-state index contributed by atoms with van der Waals surface area (Å²) < 4.78 is 14.9. The molecular formula is C19H35NO4. The van der Waals surface area contributed by atoms with Crippen LogP contribution in [-0.4, -0.2) is 37.7 Å². The SMILES string of the molecule is CC(C)(C)CCN1CCOCC1.Cc1oc(=O)oc1CC(C)(C)C. The lowest BCUT2D eigenvalue weighted by atomic mass is 9.91. The molecule has 0 N–H and O–H groups in total. The second-order valence-electron chi connectivity index (χ2n) is 8.94. The van der Waals surface area contributed by atoms with Crippen LogP contribution in [0.2, 0.25) is 0 Å². The molecule has 1 aromatic rings. The Kier molecular flexibility index (Phi) is 7.74. The van der Waals surface area contributed by atoms with Gasteiger partial charge in [-0.25, -0.2) is 4.79 Å². The van der Waals surface area contributed by atoms with E-state index in [-0.39, 0.29) is 5.41 Å². The van der Waals surface area contributed by atoms with E-state index in [1.807, 2.05) is 0 Å². The van der Waals surface area contributed by atoms with E-state index >= 15 is 0 Å². The lowest BCUT2D eigenvalue weighted by Gasteiger charge is -2.29. The molecule has 1 saturated heterocycles. The molecule has 24 heavy (non-hydrogen) atoms. The summed E-state index contributed by atoms with van der Waals surface area (Å²) in [5, 5.41) is 0. The Morgan fingerprint density at radius 1 is 0.958 bits per heavy atom. The molecule has 1 fully saturated rings. The van der Waals surface area contributed by atoms with Crippen molar-refractivity contribution in [3.05, 3.63) is 22.1 Å². The number of nitrogens with zero attached hydrogens (tertiary/aromatic N) is 1. The predicted molar refractivity (Wildman–Crippen MR) is 96.5 cm³/mol. The van der Waals surface area contributed by atoms with Crippen LogP contribution in [0.1, 0.15) is 59.5 Å². The Morgan fingerprint density at radius 3 is 1.96 bits per heavy atom. The Morgan fingerprint density at radius 2 is 1.54 bits per heavy atom. The van der Waals surface area contributed by atoms with E-state index in [0.717, 1.165) is 32.7 Å². The van der Waals surface area contributed by atoms with Crippen molar-refractivity contribution in [1.29, 1.82) is 0 Å². The molecule has 0 bridgehead atoms. The quantitative estimate of drug-likeness (QED) is 0.835. The molecule has 1 aromatic heterocycles. The number of rotatable bonds is 3. The summed E-state index contributed by atoms with van der Waals surface area (Å²) in [5.74, 6) is 0.647. The van der Waals surface area contributed by atoms with Crippen molar-refractivity contribution in [3.63, 3.8) is 0 Å². The van der Waals surface area contributed by atoms with Crippen molar-refractivity contribution in [2.24, 2.45) is 10.8 Å². The highest BCUT2D eigenvalue weighted by molar-refractivity contribution is 5.02. The molecule has 0 radical (unpaired) electrons. The van der Waals surface area contributed by atoms with Crippen molar-refractivity contribution < 1.29 is 13.6 Å². The van der Waals surface area contributed by atoms with Gasteiger partial charge in [-0.05, 0) is 30.7 Å². The number of hydrogen-bond donors (Lipinski definition) is 0. The van der Waals surface area contributed by atoms with E-state index in [1.165, 1.54) is 13.0 Å². The fraction of sp³-hybridized carbons (Fsp3) is 0.842. The Bertz CT molecular complexity index is 525. The van der Waals surface area contributed by atoms with Crippen molar-refractivity contribution in [3.8, 4) is 0 Å². The molecule has 0 atom stereocenters. The van der Waals surface area contributed by atoms with Gasteiger partial charge >= 0.3 is 5.82 Å². The molecule has 2 rings (SSSR count). The molecule has 140 valence electrons. The van der Waals surface area contributed by atoms with E-state index in [1.54, 1.807) is 6.92 Å². The lowest BCUT2D eigenvalue weighted by Crippen LogP contribution is -2.37. The van der Waals surface area contributed by atoms with Gasteiger partial charge < -0.3 is 13.6 Å². The van der Waals surface area contributed by atoms with Crippen LogP contribution in [0.3, 0.4) is 0 Å². The van der Waals surface area contributed by atoms with Crippen LogP contribution in [0.25, 0.3) is 0 Å².